The fourth-order valence-corrected chi connectivity index (χ4v) is 2.58. The van der Waals surface area contributed by atoms with Crippen molar-refractivity contribution >= 4 is 17.5 Å². The van der Waals surface area contributed by atoms with Gasteiger partial charge < -0.3 is 15.4 Å². The van der Waals surface area contributed by atoms with Crippen molar-refractivity contribution in [1.82, 2.24) is 5.32 Å². The normalized spacial score (nSPS) is 13.7. The van der Waals surface area contributed by atoms with Crippen LogP contribution in [-0.2, 0) is 11.2 Å². The molecule has 1 fully saturated rings. The monoisotopic (exact) mass is 392 g/mol. The smallest absolute Gasteiger partial charge is 0.406 e. The maximum atomic E-state index is 12.3. The first-order valence-electron chi connectivity index (χ1n) is 8.76. The molecule has 0 saturated heterocycles. The van der Waals surface area contributed by atoms with Gasteiger partial charge in [-0.1, -0.05) is 18.2 Å². The van der Waals surface area contributed by atoms with E-state index in [2.05, 4.69) is 15.4 Å². The van der Waals surface area contributed by atoms with Crippen LogP contribution in [0.15, 0.2) is 42.5 Å². The van der Waals surface area contributed by atoms with Gasteiger partial charge in [0, 0.05) is 17.3 Å². The number of alkyl halides is 3. The molecule has 148 valence electrons. The topological polar surface area (TPSA) is 67.4 Å². The van der Waals surface area contributed by atoms with Gasteiger partial charge in [0.25, 0.3) is 5.91 Å². The molecule has 1 aliphatic carbocycles. The van der Waals surface area contributed by atoms with Crippen LogP contribution < -0.4 is 15.4 Å². The zero-order chi connectivity index (χ0) is 20.3. The van der Waals surface area contributed by atoms with Crippen LogP contribution in [0, 0.1) is 6.92 Å². The average molecular weight is 392 g/mol. The van der Waals surface area contributed by atoms with Crippen molar-refractivity contribution in [1.29, 1.82) is 0 Å². The zero-order valence-corrected chi connectivity index (χ0v) is 15.1. The molecular weight excluding hydrogens is 373 g/mol. The van der Waals surface area contributed by atoms with Gasteiger partial charge in [-0.25, -0.2) is 0 Å². The number of aryl methyl sites for hydroxylation is 1. The molecule has 3 rings (SSSR count). The molecule has 2 aromatic rings. The lowest BCUT2D eigenvalue weighted by Crippen LogP contribution is -2.25. The Balaban J connectivity index is 1.61. The van der Waals surface area contributed by atoms with E-state index in [1.165, 1.54) is 12.1 Å². The van der Waals surface area contributed by atoms with Crippen LogP contribution in [0.25, 0.3) is 0 Å². The molecule has 1 aliphatic rings. The molecule has 5 nitrogen and oxygen atoms in total. The molecule has 0 spiro atoms. The minimum atomic E-state index is -4.76. The molecule has 0 aliphatic heterocycles. The van der Waals surface area contributed by atoms with Gasteiger partial charge in [-0.2, -0.15) is 0 Å². The van der Waals surface area contributed by atoms with E-state index in [0.717, 1.165) is 30.5 Å². The van der Waals surface area contributed by atoms with E-state index in [0.29, 0.717) is 16.8 Å². The van der Waals surface area contributed by atoms with E-state index in [-0.39, 0.29) is 30.0 Å². The summed E-state index contributed by atoms with van der Waals surface area (Å²) in [5.41, 5.74) is 2.31. The summed E-state index contributed by atoms with van der Waals surface area (Å²) in [6.07, 6.45) is -2.82. The highest BCUT2D eigenvalue weighted by molar-refractivity contribution is 5.98. The summed E-state index contributed by atoms with van der Waals surface area (Å²) in [6, 6.07) is 10.4. The maximum absolute atomic E-state index is 12.3. The van der Waals surface area contributed by atoms with Gasteiger partial charge in [0.2, 0.25) is 5.91 Å². The fourth-order valence-electron chi connectivity index (χ4n) is 2.58. The Kier molecular flexibility index (Phi) is 5.58. The highest BCUT2D eigenvalue weighted by Crippen LogP contribution is 2.24. The number of carbonyl (C=O) groups excluding carboxylic acids is 2. The standard InChI is InChI=1S/C20H19F3N2O3/c1-12-2-5-14(19(27)24-15-6-7-15)11-17(12)25-18(26)10-13-3-8-16(9-4-13)28-20(21,22)23/h2-5,8-9,11,15H,6-7,10H2,1H3,(H,24,27)(H,25,26). The Hall–Kier alpha value is -3.03. The lowest BCUT2D eigenvalue weighted by atomic mass is 10.1. The number of rotatable bonds is 6. The summed E-state index contributed by atoms with van der Waals surface area (Å²) in [5, 5.41) is 5.63. The van der Waals surface area contributed by atoms with E-state index in [9.17, 15) is 22.8 Å². The molecule has 0 atom stereocenters. The Labute approximate surface area is 159 Å². The molecule has 2 amide bonds. The highest BCUT2D eigenvalue weighted by Gasteiger charge is 2.31. The summed E-state index contributed by atoms with van der Waals surface area (Å²) in [6.45, 7) is 1.81. The van der Waals surface area contributed by atoms with Crippen LogP contribution in [0.2, 0.25) is 0 Å². The highest BCUT2D eigenvalue weighted by atomic mass is 19.4. The number of anilines is 1. The van der Waals surface area contributed by atoms with E-state index in [1.54, 1.807) is 18.2 Å². The predicted octanol–water partition coefficient (Wildman–Crippen LogP) is 3.97. The van der Waals surface area contributed by atoms with E-state index in [1.807, 2.05) is 6.92 Å². The molecule has 2 N–H and O–H groups in total. The van der Waals surface area contributed by atoms with E-state index in [4.69, 9.17) is 0 Å². The van der Waals surface area contributed by atoms with Crippen molar-refractivity contribution < 1.29 is 27.5 Å². The third-order valence-electron chi connectivity index (χ3n) is 4.21. The zero-order valence-electron chi connectivity index (χ0n) is 15.1. The van der Waals surface area contributed by atoms with Crippen molar-refractivity contribution in [3.63, 3.8) is 0 Å². The van der Waals surface area contributed by atoms with Crippen LogP contribution in [0.4, 0.5) is 18.9 Å². The first-order chi connectivity index (χ1) is 13.2. The number of hydrogen-bond acceptors (Lipinski definition) is 3. The third-order valence-corrected chi connectivity index (χ3v) is 4.21. The number of carbonyl (C=O) groups is 2. The minimum Gasteiger partial charge on any atom is -0.406 e. The minimum absolute atomic E-state index is 0.0236. The number of nitrogens with one attached hydrogen (secondary N) is 2. The number of amides is 2. The van der Waals surface area contributed by atoms with E-state index >= 15 is 0 Å². The predicted molar refractivity (Wildman–Crippen MR) is 97.1 cm³/mol. The molecule has 2 aromatic carbocycles. The van der Waals surface area contributed by atoms with Crippen LogP contribution >= 0.6 is 0 Å². The number of halogens is 3. The molecule has 0 unspecified atom stereocenters. The quantitative estimate of drug-likeness (QED) is 0.782. The van der Waals surface area contributed by atoms with Crippen LogP contribution in [-0.4, -0.2) is 24.2 Å². The molecule has 1 saturated carbocycles. The van der Waals surface area contributed by atoms with Crippen LogP contribution in [0.1, 0.15) is 34.3 Å². The van der Waals surface area contributed by atoms with E-state index < -0.39 is 6.36 Å². The van der Waals surface area contributed by atoms with Gasteiger partial charge in [-0.05, 0) is 55.2 Å². The number of hydrogen-bond donors (Lipinski definition) is 2. The molecule has 0 aromatic heterocycles. The fraction of sp³-hybridized carbons (Fsp3) is 0.300. The van der Waals surface area contributed by atoms with Crippen molar-refractivity contribution in [3.05, 3.63) is 59.2 Å². The van der Waals surface area contributed by atoms with Gasteiger partial charge in [0.05, 0.1) is 6.42 Å². The van der Waals surface area contributed by atoms with Crippen molar-refractivity contribution in [2.75, 3.05) is 5.32 Å². The second kappa shape index (κ2) is 7.92. The molecular formula is C20H19F3N2O3. The molecule has 0 bridgehead atoms. The summed E-state index contributed by atoms with van der Waals surface area (Å²) < 4.78 is 40.3. The molecule has 0 radical (unpaired) electrons. The van der Waals surface area contributed by atoms with Gasteiger partial charge in [0.15, 0.2) is 0 Å². The summed E-state index contributed by atoms with van der Waals surface area (Å²) in [5.74, 6) is -0.868. The van der Waals surface area contributed by atoms with Crippen molar-refractivity contribution in [2.45, 2.75) is 38.6 Å². The van der Waals surface area contributed by atoms with Crippen LogP contribution in [0.3, 0.4) is 0 Å². The van der Waals surface area contributed by atoms with Crippen LogP contribution in [0.5, 0.6) is 5.75 Å². The third kappa shape index (κ3) is 5.73. The Bertz CT molecular complexity index is 875. The Morgan fingerprint density at radius 1 is 1.11 bits per heavy atom. The van der Waals surface area contributed by atoms with Gasteiger partial charge in [0.1, 0.15) is 5.75 Å². The summed E-state index contributed by atoms with van der Waals surface area (Å²) in [4.78, 5) is 24.4. The molecule has 8 heteroatoms. The second-order valence-corrected chi connectivity index (χ2v) is 6.69. The lowest BCUT2D eigenvalue weighted by Gasteiger charge is -2.12. The first-order valence-corrected chi connectivity index (χ1v) is 8.76. The number of ether oxygens (including phenoxy) is 1. The Morgan fingerprint density at radius 2 is 1.79 bits per heavy atom. The van der Waals surface area contributed by atoms with Gasteiger partial charge >= 0.3 is 6.36 Å². The SMILES string of the molecule is Cc1ccc(C(=O)NC2CC2)cc1NC(=O)Cc1ccc(OC(F)(F)F)cc1. The first kappa shape index (κ1) is 19.7. The van der Waals surface area contributed by atoms with Gasteiger partial charge in [-0.15, -0.1) is 13.2 Å². The van der Waals surface area contributed by atoms with Gasteiger partial charge in [-0.3, -0.25) is 9.59 Å². The summed E-state index contributed by atoms with van der Waals surface area (Å²) >= 11 is 0. The molecule has 28 heavy (non-hydrogen) atoms. The second-order valence-electron chi connectivity index (χ2n) is 6.69. The van der Waals surface area contributed by atoms with Crippen molar-refractivity contribution in [3.8, 4) is 5.75 Å². The molecule has 0 heterocycles. The number of benzene rings is 2. The largest absolute Gasteiger partial charge is 0.573 e. The average Bonchev–Trinajstić information content (AvgIpc) is 3.41. The maximum Gasteiger partial charge on any atom is 0.573 e. The summed E-state index contributed by atoms with van der Waals surface area (Å²) in [7, 11) is 0. The lowest BCUT2D eigenvalue weighted by molar-refractivity contribution is -0.274. The Morgan fingerprint density at radius 3 is 2.39 bits per heavy atom. The van der Waals surface area contributed by atoms with Crippen molar-refractivity contribution in [2.24, 2.45) is 0 Å².